The molecule has 2 fully saturated rings. The molecule has 2 aliphatic heterocycles. The first-order valence-corrected chi connectivity index (χ1v) is 8.78. The molecular formula is C18H24N4O. The molecule has 0 radical (unpaired) electrons. The maximum Gasteiger partial charge on any atom is 0.272 e. The van der Waals surface area contributed by atoms with E-state index in [4.69, 9.17) is 0 Å². The lowest BCUT2D eigenvalue weighted by Gasteiger charge is -2.44. The van der Waals surface area contributed by atoms with E-state index in [0.717, 1.165) is 17.4 Å². The number of benzene rings is 1. The SMILES string of the molecule is O=C(NCC1CCCN2CCCCC12)c1n[nH]c2ccccc12. The van der Waals surface area contributed by atoms with Gasteiger partial charge in [-0.1, -0.05) is 24.6 Å². The molecular weight excluding hydrogens is 288 g/mol. The summed E-state index contributed by atoms with van der Waals surface area (Å²) in [5.74, 6) is 0.522. The Hall–Kier alpha value is -1.88. The van der Waals surface area contributed by atoms with Crippen LogP contribution in [0.15, 0.2) is 24.3 Å². The van der Waals surface area contributed by atoms with Crippen molar-refractivity contribution < 1.29 is 4.79 Å². The summed E-state index contributed by atoms with van der Waals surface area (Å²) < 4.78 is 0. The zero-order chi connectivity index (χ0) is 15.6. The minimum absolute atomic E-state index is 0.0598. The van der Waals surface area contributed by atoms with E-state index in [0.29, 0.717) is 17.7 Å². The van der Waals surface area contributed by atoms with Gasteiger partial charge in [0.1, 0.15) is 0 Å². The Morgan fingerprint density at radius 1 is 1.22 bits per heavy atom. The molecule has 2 unspecified atom stereocenters. The third-order valence-electron chi connectivity index (χ3n) is 5.44. The van der Waals surface area contributed by atoms with Crippen LogP contribution in [0.5, 0.6) is 0 Å². The molecule has 23 heavy (non-hydrogen) atoms. The molecule has 2 N–H and O–H groups in total. The summed E-state index contributed by atoms with van der Waals surface area (Å²) in [6, 6.07) is 8.43. The van der Waals surface area contributed by atoms with Crippen molar-refractivity contribution >= 4 is 16.8 Å². The Bertz CT molecular complexity index is 693. The first-order valence-electron chi connectivity index (χ1n) is 8.78. The smallest absolute Gasteiger partial charge is 0.272 e. The van der Waals surface area contributed by atoms with Gasteiger partial charge in [-0.3, -0.25) is 9.89 Å². The zero-order valence-electron chi connectivity index (χ0n) is 13.4. The molecule has 1 aromatic heterocycles. The summed E-state index contributed by atoms with van der Waals surface area (Å²) in [6.45, 7) is 3.24. The highest BCUT2D eigenvalue weighted by Gasteiger charge is 2.33. The number of carbonyl (C=O) groups excluding carboxylic acids is 1. The molecule has 0 bridgehead atoms. The fourth-order valence-electron chi connectivity index (χ4n) is 4.26. The van der Waals surface area contributed by atoms with Gasteiger partial charge in [0.25, 0.3) is 5.91 Å². The predicted octanol–water partition coefficient (Wildman–Crippen LogP) is 2.56. The first-order chi connectivity index (χ1) is 11.3. The van der Waals surface area contributed by atoms with E-state index in [1.54, 1.807) is 0 Å². The van der Waals surface area contributed by atoms with E-state index < -0.39 is 0 Å². The molecule has 1 aromatic carbocycles. The topological polar surface area (TPSA) is 61.0 Å². The second-order valence-corrected chi connectivity index (χ2v) is 6.83. The standard InChI is InChI=1S/C18H24N4O/c23-18(17-14-7-1-2-8-15(14)20-21-17)19-12-13-6-5-11-22-10-4-3-9-16(13)22/h1-2,7-8,13,16H,3-6,9-12H2,(H,19,23)(H,20,21). The summed E-state index contributed by atoms with van der Waals surface area (Å²) in [6.07, 6.45) is 6.42. The number of amides is 1. The third kappa shape index (κ3) is 2.85. The highest BCUT2D eigenvalue weighted by molar-refractivity contribution is 6.04. The number of hydrogen-bond donors (Lipinski definition) is 2. The van der Waals surface area contributed by atoms with Crippen molar-refractivity contribution in [1.82, 2.24) is 20.4 Å². The number of para-hydroxylation sites is 1. The number of rotatable bonds is 3. The van der Waals surface area contributed by atoms with Crippen LogP contribution in [-0.2, 0) is 0 Å². The van der Waals surface area contributed by atoms with Crippen LogP contribution < -0.4 is 5.32 Å². The molecule has 2 aromatic rings. The average Bonchev–Trinajstić information content (AvgIpc) is 3.04. The molecule has 0 aliphatic carbocycles. The highest BCUT2D eigenvalue weighted by atomic mass is 16.1. The van der Waals surface area contributed by atoms with E-state index in [2.05, 4.69) is 20.4 Å². The van der Waals surface area contributed by atoms with Gasteiger partial charge in [-0.15, -0.1) is 0 Å². The van der Waals surface area contributed by atoms with Gasteiger partial charge in [0.2, 0.25) is 0 Å². The molecule has 4 rings (SSSR count). The summed E-state index contributed by atoms with van der Waals surface area (Å²) in [5.41, 5.74) is 1.42. The lowest BCUT2D eigenvalue weighted by Crippen LogP contribution is -2.51. The van der Waals surface area contributed by atoms with E-state index in [-0.39, 0.29) is 5.91 Å². The van der Waals surface area contributed by atoms with Crippen LogP contribution in [-0.4, -0.2) is 46.7 Å². The van der Waals surface area contributed by atoms with Gasteiger partial charge >= 0.3 is 0 Å². The van der Waals surface area contributed by atoms with Gasteiger partial charge in [-0.2, -0.15) is 5.10 Å². The Balaban J connectivity index is 1.43. The molecule has 5 nitrogen and oxygen atoms in total. The molecule has 5 heteroatoms. The average molecular weight is 312 g/mol. The molecule has 3 heterocycles. The van der Waals surface area contributed by atoms with Gasteiger partial charge in [-0.25, -0.2) is 0 Å². The maximum absolute atomic E-state index is 12.5. The second kappa shape index (κ2) is 6.32. The van der Waals surface area contributed by atoms with Gasteiger partial charge in [0.15, 0.2) is 5.69 Å². The maximum atomic E-state index is 12.5. The number of nitrogens with one attached hydrogen (secondary N) is 2. The summed E-state index contributed by atoms with van der Waals surface area (Å²) in [7, 11) is 0. The quantitative estimate of drug-likeness (QED) is 0.915. The molecule has 1 amide bonds. The summed E-state index contributed by atoms with van der Waals surface area (Å²) in [4.78, 5) is 15.1. The van der Waals surface area contributed by atoms with Crippen LogP contribution >= 0.6 is 0 Å². The Morgan fingerprint density at radius 2 is 2.09 bits per heavy atom. The number of nitrogens with zero attached hydrogens (tertiary/aromatic N) is 2. The van der Waals surface area contributed by atoms with Gasteiger partial charge in [0.05, 0.1) is 5.52 Å². The van der Waals surface area contributed by atoms with Crippen molar-refractivity contribution in [3.05, 3.63) is 30.0 Å². The molecule has 2 saturated heterocycles. The van der Waals surface area contributed by atoms with E-state index in [1.807, 2.05) is 24.3 Å². The van der Waals surface area contributed by atoms with Crippen molar-refractivity contribution in [3.8, 4) is 0 Å². The summed E-state index contributed by atoms with van der Waals surface area (Å²) >= 11 is 0. The Kier molecular flexibility index (Phi) is 4.04. The molecule has 2 aliphatic rings. The lowest BCUT2D eigenvalue weighted by atomic mass is 9.83. The number of aromatic nitrogens is 2. The fourth-order valence-corrected chi connectivity index (χ4v) is 4.26. The molecule has 2 atom stereocenters. The number of H-pyrrole nitrogens is 1. The number of aromatic amines is 1. The molecule has 122 valence electrons. The van der Waals surface area contributed by atoms with Crippen LogP contribution in [0.4, 0.5) is 0 Å². The van der Waals surface area contributed by atoms with E-state index in [9.17, 15) is 4.79 Å². The lowest BCUT2D eigenvalue weighted by molar-refractivity contribution is 0.0575. The molecule has 0 saturated carbocycles. The molecule has 0 spiro atoms. The highest BCUT2D eigenvalue weighted by Crippen LogP contribution is 2.30. The van der Waals surface area contributed by atoms with Crippen LogP contribution in [0.2, 0.25) is 0 Å². The van der Waals surface area contributed by atoms with Crippen molar-refractivity contribution in [2.75, 3.05) is 19.6 Å². The van der Waals surface area contributed by atoms with Crippen molar-refractivity contribution in [1.29, 1.82) is 0 Å². The third-order valence-corrected chi connectivity index (χ3v) is 5.44. The number of piperidine rings is 2. The predicted molar refractivity (Wildman–Crippen MR) is 90.4 cm³/mol. The van der Waals surface area contributed by atoms with Crippen LogP contribution in [0.1, 0.15) is 42.6 Å². The number of hydrogen-bond acceptors (Lipinski definition) is 3. The number of carbonyl (C=O) groups is 1. The minimum Gasteiger partial charge on any atom is -0.350 e. The van der Waals surface area contributed by atoms with Gasteiger partial charge < -0.3 is 10.2 Å². The van der Waals surface area contributed by atoms with Crippen molar-refractivity contribution in [3.63, 3.8) is 0 Å². The fraction of sp³-hybridized carbons (Fsp3) is 0.556. The van der Waals surface area contributed by atoms with Crippen LogP contribution in [0, 0.1) is 5.92 Å². The minimum atomic E-state index is -0.0598. The van der Waals surface area contributed by atoms with Crippen molar-refractivity contribution in [2.45, 2.75) is 38.1 Å². The van der Waals surface area contributed by atoms with E-state index >= 15 is 0 Å². The number of fused-ring (bicyclic) bond motifs is 2. The monoisotopic (exact) mass is 312 g/mol. The normalized spacial score (nSPS) is 25.2. The van der Waals surface area contributed by atoms with Crippen LogP contribution in [0.25, 0.3) is 10.9 Å². The largest absolute Gasteiger partial charge is 0.350 e. The second-order valence-electron chi connectivity index (χ2n) is 6.83. The van der Waals surface area contributed by atoms with Gasteiger partial charge in [-0.05, 0) is 50.8 Å². The summed E-state index contributed by atoms with van der Waals surface area (Å²) in [5, 5.41) is 11.2. The van der Waals surface area contributed by atoms with E-state index in [1.165, 1.54) is 45.2 Å². The Labute approximate surface area is 136 Å². The zero-order valence-corrected chi connectivity index (χ0v) is 13.4. The Morgan fingerprint density at radius 3 is 3.04 bits per heavy atom. The first kappa shape index (κ1) is 14.7. The van der Waals surface area contributed by atoms with Crippen LogP contribution in [0.3, 0.4) is 0 Å². The van der Waals surface area contributed by atoms with Crippen molar-refractivity contribution in [2.24, 2.45) is 5.92 Å². The van der Waals surface area contributed by atoms with Gasteiger partial charge in [0, 0.05) is 18.0 Å².